The number of hydrogen-bond acceptors (Lipinski definition) is 3. The predicted octanol–water partition coefficient (Wildman–Crippen LogP) is 1.80. The van der Waals surface area contributed by atoms with Gasteiger partial charge in [-0.05, 0) is 31.1 Å². The van der Waals surface area contributed by atoms with Gasteiger partial charge < -0.3 is 4.74 Å². The molecule has 3 heteroatoms. The van der Waals surface area contributed by atoms with Crippen molar-refractivity contribution in [3.8, 4) is 0 Å². The molecule has 2 rings (SSSR count). The van der Waals surface area contributed by atoms with E-state index in [1.165, 1.54) is 7.11 Å². The summed E-state index contributed by atoms with van der Waals surface area (Å²) in [6.45, 7) is 2.20. The highest BCUT2D eigenvalue weighted by molar-refractivity contribution is 5.89. The smallest absolute Gasteiger partial charge is 0.309 e. The average Bonchev–Trinajstić information content (AvgIpc) is 2.62. The van der Waals surface area contributed by atoms with E-state index in [1.54, 1.807) is 0 Å². The van der Waals surface area contributed by atoms with Crippen LogP contribution in [0.2, 0.25) is 0 Å². The molecule has 0 radical (unpaired) electrons. The fraction of sp³-hybridized carbons (Fsp3) is 0.833. The summed E-state index contributed by atoms with van der Waals surface area (Å²) in [6.07, 6.45) is 3.50. The van der Waals surface area contributed by atoms with E-state index in [2.05, 4.69) is 6.92 Å². The molecule has 2 saturated carbocycles. The third-order valence-electron chi connectivity index (χ3n) is 4.16. The van der Waals surface area contributed by atoms with Crippen LogP contribution in [-0.4, -0.2) is 18.9 Å². The molecule has 0 heterocycles. The largest absolute Gasteiger partial charge is 0.469 e. The van der Waals surface area contributed by atoms with Gasteiger partial charge in [0.25, 0.3) is 0 Å². The lowest BCUT2D eigenvalue weighted by molar-refractivity contribution is -0.152. The molecular formula is C12H18O3. The molecule has 15 heavy (non-hydrogen) atoms. The van der Waals surface area contributed by atoms with Gasteiger partial charge in [-0.25, -0.2) is 0 Å². The number of methoxy groups -OCH3 is 1. The first-order valence-corrected chi connectivity index (χ1v) is 5.75. The molecule has 0 saturated heterocycles. The van der Waals surface area contributed by atoms with Gasteiger partial charge in [-0.1, -0.05) is 6.92 Å². The topological polar surface area (TPSA) is 43.4 Å². The second-order valence-corrected chi connectivity index (χ2v) is 4.88. The molecule has 0 aromatic heterocycles. The molecule has 2 aliphatic rings. The lowest BCUT2D eigenvalue weighted by Crippen LogP contribution is -2.38. The number of carbonyl (C=O) groups excluding carboxylic acids is 2. The van der Waals surface area contributed by atoms with Gasteiger partial charge in [0.1, 0.15) is 5.78 Å². The quantitative estimate of drug-likeness (QED) is 0.620. The minimum atomic E-state index is -0.188. The third-order valence-corrected chi connectivity index (χ3v) is 4.16. The molecule has 2 aliphatic carbocycles. The van der Waals surface area contributed by atoms with Gasteiger partial charge in [0.15, 0.2) is 0 Å². The van der Waals surface area contributed by atoms with Gasteiger partial charge in [0, 0.05) is 12.3 Å². The Balaban J connectivity index is 2.20. The van der Waals surface area contributed by atoms with Gasteiger partial charge in [0.05, 0.1) is 13.0 Å². The maximum Gasteiger partial charge on any atom is 0.309 e. The molecule has 0 aliphatic heterocycles. The Morgan fingerprint density at radius 1 is 1.33 bits per heavy atom. The Morgan fingerprint density at radius 2 is 2.07 bits per heavy atom. The van der Waals surface area contributed by atoms with E-state index in [0.29, 0.717) is 18.3 Å². The van der Waals surface area contributed by atoms with Crippen molar-refractivity contribution >= 4 is 11.8 Å². The van der Waals surface area contributed by atoms with E-state index in [-0.39, 0.29) is 23.6 Å². The number of rotatable bonds is 1. The van der Waals surface area contributed by atoms with Gasteiger partial charge >= 0.3 is 5.97 Å². The summed E-state index contributed by atoms with van der Waals surface area (Å²) < 4.78 is 4.79. The number of esters is 1. The van der Waals surface area contributed by atoms with Crippen LogP contribution < -0.4 is 0 Å². The van der Waals surface area contributed by atoms with Crippen molar-refractivity contribution in [2.75, 3.05) is 7.11 Å². The third kappa shape index (κ3) is 1.68. The lowest BCUT2D eigenvalue weighted by Gasteiger charge is -2.35. The number of carbonyl (C=O) groups is 2. The Labute approximate surface area is 90.2 Å². The maximum atomic E-state index is 11.8. The van der Waals surface area contributed by atoms with E-state index in [0.717, 1.165) is 19.3 Å². The maximum absolute atomic E-state index is 11.8. The van der Waals surface area contributed by atoms with Crippen molar-refractivity contribution in [2.24, 2.45) is 23.7 Å². The summed E-state index contributed by atoms with van der Waals surface area (Å²) in [7, 11) is 1.41. The second kappa shape index (κ2) is 3.95. The van der Waals surface area contributed by atoms with Crippen LogP contribution in [0.1, 0.15) is 32.6 Å². The van der Waals surface area contributed by atoms with Crippen molar-refractivity contribution in [1.82, 2.24) is 0 Å². The first-order valence-electron chi connectivity index (χ1n) is 5.75. The summed E-state index contributed by atoms with van der Waals surface area (Å²) in [5.41, 5.74) is 0. The fourth-order valence-electron chi connectivity index (χ4n) is 3.31. The summed E-state index contributed by atoms with van der Waals surface area (Å²) in [5, 5.41) is 0. The van der Waals surface area contributed by atoms with E-state index in [1.807, 2.05) is 0 Å². The Morgan fingerprint density at radius 3 is 2.73 bits per heavy atom. The monoisotopic (exact) mass is 210 g/mol. The highest BCUT2D eigenvalue weighted by Gasteiger charge is 2.48. The molecule has 0 N–H and O–H groups in total. The van der Waals surface area contributed by atoms with Crippen molar-refractivity contribution in [2.45, 2.75) is 32.6 Å². The fourth-order valence-corrected chi connectivity index (χ4v) is 3.31. The number of fused-ring (bicyclic) bond motifs is 1. The van der Waals surface area contributed by atoms with Gasteiger partial charge in [-0.3, -0.25) is 9.59 Å². The number of ether oxygens (including phenoxy) is 1. The zero-order valence-electron chi connectivity index (χ0n) is 9.36. The number of hydrogen-bond donors (Lipinski definition) is 0. The van der Waals surface area contributed by atoms with Crippen LogP contribution in [0.5, 0.6) is 0 Å². The van der Waals surface area contributed by atoms with Crippen LogP contribution in [0.4, 0.5) is 0 Å². The Bertz CT molecular complexity index is 283. The summed E-state index contributed by atoms with van der Waals surface area (Å²) in [6, 6.07) is 0. The number of ketones is 1. The summed E-state index contributed by atoms with van der Waals surface area (Å²) in [5.74, 6) is 0.902. The lowest BCUT2D eigenvalue weighted by atomic mass is 9.68. The first kappa shape index (κ1) is 10.7. The van der Waals surface area contributed by atoms with Crippen LogP contribution in [-0.2, 0) is 14.3 Å². The van der Waals surface area contributed by atoms with Crippen molar-refractivity contribution in [1.29, 1.82) is 0 Å². The molecule has 0 amide bonds. The minimum Gasteiger partial charge on any atom is -0.469 e. The van der Waals surface area contributed by atoms with E-state index in [4.69, 9.17) is 4.74 Å². The van der Waals surface area contributed by atoms with Crippen LogP contribution in [0.3, 0.4) is 0 Å². The Kier molecular flexibility index (Phi) is 2.81. The average molecular weight is 210 g/mol. The normalized spacial score (nSPS) is 40.0. The van der Waals surface area contributed by atoms with Crippen LogP contribution in [0.25, 0.3) is 0 Å². The second-order valence-electron chi connectivity index (χ2n) is 4.88. The predicted molar refractivity (Wildman–Crippen MR) is 55.1 cm³/mol. The first-order chi connectivity index (χ1) is 7.15. The van der Waals surface area contributed by atoms with Gasteiger partial charge in [-0.15, -0.1) is 0 Å². The SMILES string of the molecule is COC(=O)C1CCC(C)C2CCC(=O)C12. The van der Waals surface area contributed by atoms with E-state index >= 15 is 0 Å². The molecule has 2 fully saturated rings. The minimum absolute atomic E-state index is 0.0406. The van der Waals surface area contributed by atoms with E-state index < -0.39 is 0 Å². The van der Waals surface area contributed by atoms with Crippen molar-refractivity contribution in [3.05, 3.63) is 0 Å². The van der Waals surface area contributed by atoms with Crippen molar-refractivity contribution < 1.29 is 14.3 Å². The Hall–Kier alpha value is -0.860. The highest BCUT2D eigenvalue weighted by atomic mass is 16.5. The summed E-state index contributed by atoms with van der Waals surface area (Å²) in [4.78, 5) is 23.4. The molecule has 4 unspecified atom stereocenters. The van der Waals surface area contributed by atoms with Crippen LogP contribution >= 0.6 is 0 Å². The van der Waals surface area contributed by atoms with Gasteiger partial charge in [-0.2, -0.15) is 0 Å². The zero-order valence-corrected chi connectivity index (χ0v) is 9.36. The molecular weight excluding hydrogens is 192 g/mol. The van der Waals surface area contributed by atoms with Crippen LogP contribution in [0.15, 0.2) is 0 Å². The van der Waals surface area contributed by atoms with Gasteiger partial charge in [0.2, 0.25) is 0 Å². The van der Waals surface area contributed by atoms with E-state index in [9.17, 15) is 9.59 Å². The number of Topliss-reactive ketones (excluding diaryl/α,β-unsaturated/α-hetero) is 1. The molecule has 0 spiro atoms. The van der Waals surface area contributed by atoms with Crippen LogP contribution in [0, 0.1) is 23.7 Å². The summed E-state index contributed by atoms with van der Waals surface area (Å²) >= 11 is 0. The molecule has 0 aromatic rings. The standard InChI is InChI=1S/C12H18O3/c1-7-3-4-9(12(14)15-2)11-8(7)5-6-10(11)13/h7-9,11H,3-6H2,1-2H3. The highest BCUT2D eigenvalue weighted by Crippen LogP contribution is 2.46. The zero-order chi connectivity index (χ0) is 11.0. The molecule has 0 aromatic carbocycles. The molecule has 3 nitrogen and oxygen atoms in total. The molecule has 4 atom stereocenters. The van der Waals surface area contributed by atoms with Crippen molar-refractivity contribution in [3.63, 3.8) is 0 Å². The molecule has 84 valence electrons. The molecule has 0 bridgehead atoms.